The maximum atomic E-state index is 12.7. The first-order chi connectivity index (χ1) is 15.0. The van der Waals surface area contributed by atoms with E-state index in [1.807, 2.05) is 28.5 Å². The van der Waals surface area contributed by atoms with Crippen LogP contribution in [0.3, 0.4) is 0 Å². The SMILES string of the molecule is COc1ccccc1C(=O)Nc1nc(-c2ccc3c(c2)CC(C)N3C(=O)C2CC2)cs1. The molecule has 2 aliphatic rings. The molecule has 1 unspecified atom stereocenters. The molecule has 1 aliphatic heterocycles. The summed E-state index contributed by atoms with van der Waals surface area (Å²) in [6.07, 6.45) is 2.87. The van der Waals surface area contributed by atoms with Crippen molar-refractivity contribution in [1.29, 1.82) is 0 Å². The lowest BCUT2D eigenvalue weighted by Gasteiger charge is -2.22. The summed E-state index contributed by atoms with van der Waals surface area (Å²) in [5, 5.41) is 5.33. The van der Waals surface area contributed by atoms with Crippen LogP contribution in [0, 0.1) is 5.92 Å². The number of carbonyl (C=O) groups excluding carboxylic acids is 2. The molecule has 31 heavy (non-hydrogen) atoms. The van der Waals surface area contributed by atoms with E-state index in [-0.39, 0.29) is 23.8 Å². The van der Waals surface area contributed by atoms with E-state index in [4.69, 9.17) is 4.74 Å². The van der Waals surface area contributed by atoms with Gasteiger partial charge in [0.2, 0.25) is 5.91 Å². The van der Waals surface area contributed by atoms with Crippen LogP contribution in [0.25, 0.3) is 11.3 Å². The highest BCUT2D eigenvalue weighted by Gasteiger charge is 2.39. The van der Waals surface area contributed by atoms with Crippen molar-refractivity contribution in [2.75, 3.05) is 17.3 Å². The fraction of sp³-hybridized carbons (Fsp3) is 0.292. The van der Waals surface area contributed by atoms with Crippen LogP contribution in [-0.4, -0.2) is 29.9 Å². The Morgan fingerprint density at radius 2 is 2.00 bits per heavy atom. The topological polar surface area (TPSA) is 71.5 Å². The number of carbonyl (C=O) groups is 2. The molecular weight excluding hydrogens is 410 g/mol. The molecule has 1 atom stereocenters. The minimum absolute atomic E-state index is 0.185. The number of nitrogens with zero attached hydrogens (tertiary/aromatic N) is 2. The van der Waals surface area contributed by atoms with E-state index < -0.39 is 0 Å². The van der Waals surface area contributed by atoms with Gasteiger partial charge in [0.05, 0.1) is 18.4 Å². The van der Waals surface area contributed by atoms with Gasteiger partial charge in [0.25, 0.3) is 5.91 Å². The van der Waals surface area contributed by atoms with Crippen LogP contribution in [0.1, 0.15) is 35.7 Å². The molecule has 1 N–H and O–H groups in total. The van der Waals surface area contributed by atoms with Crippen LogP contribution in [0.2, 0.25) is 0 Å². The number of methoxy groups -OCH3 is 1. The number of rotatable bonds is 5. The summed E-state index contributed by atoms with van der Waals surface area (Å²) in [6.45, 7) is 2.11. The smallest absolute Gasteiger partial charge is 0.261 e. The fourth-order valence-corrected chi connectivity index (χ4v) is 4.83. The lowest BCUT2D eigenvalue weighted by Crippen LogP contribution is -2.36. The minimum Gasteiger partial charge on any atom is -0.496 e. The second-order valence-corrected chi connectivity index (χ2v) is 8.93. The van der Waals surface area contributed by atoms with Crippen molar-refractivity contribution in [3.05, 3.63) is 59.0 Å². The van der Waals surface area contributed by atoms with Crippen molar-refractivity contribution in [1.82, 2.24) is 4.98 Å². The van der Waals surface area contributed by atoms with E-state index in [0.717, 1.165) is 36.2 Å². The predicted molar refractivity (Wildman–Crippen MR) is 122 cm³/mol. The van der Waals surface area contributed by atoms with E-state index in [9.17, 15) is 9.59 Å². The summed E-state index contributed by atoms with van der Waals surface area (Å²) in [5.41, 5.74) is 4.46. The van der Waals surface area contributed by atoms with Crippen molar-refractivity contribution in [2.24, 2.45) is 5.92 Å². The van der Waals surface area contributed by atoms with Gasteiger partial charge in [0, 0.05) is 28.6 Å². The van der Waals surface area contributed by atoms with Gasteiger partial charge in [0.15, 0.2) is 5.13 Å². The molecule has 5 rings (SSSR count). The Morgan fingerprint density at radius 1 is 1.19 bits per heavy atom. The van der Waals surface area contributed by atoms with Gasteiger partial charge in [-0.2, -0.15) is 0 Å². The Bertz CT molecular complexity index is 1170. The van der Waals surface area contributed by atoms with Gasteiger partial charge in [-0.25, -0.2) is 4.98 Å². The molecule has 3 aromatic rings. The monoisotopic (exact) mass is 433 g/mol. The molecule has 1 saturated carbocycles. The number of benzene rings is 2. The van der Waals surface area contributed by atoms with Gasteiger partial charge in [0.1, 0.15) is 5.75 Å². The number of hydrogen-bond acceptors (Lipinski definition) is 5. The van der Waals surface area contributed by atoms with Crippen molar-refractivity contribution < 1.29 is 14.3 Å². The Morgan fingerprint density at radius 3 is 2.77 bits per heavy atom. The van der Waals surface area contributed by atoms with E-state index in [2.05, 4.69) is 23.3 Å². The van der Waals surface area contributed by atoms with Crippen molar-refractivity contribution in [2.45, 2.75) is 32.2 Å². The zero-order chi connectivity index (χ0) is 21.5. The molecule has 0 spiro atoms. The number of aromatic nitrogens is 1. The molecule has 2 amide bonds. The average molecular weight is 434 g/mol. The highest BCUT2D eigenvalue weighted by atomic mass is 32.1. The van der Waals surface area contributed by atoms with E-state index in [1.165, 1.54) is 16.9 Å². The molecule has 0 bridgehead atoms. The number of amides is 2. The van der Waals surface area contributed by atoms with E-state index in [1.54, 1.807) is 25.3 Å². The summed E-state index contributed by atoms with van der Waals surface area (Å²) in [5.74, 6) is 0.736. The van der Waals surface area contributed by atoms with Crippen molar-refractivity contribution >= 4 is 34.0 Å². The third-order valence-electron chi connectivity index (χ3n) is 5.83. The first-order valence-corrected chi connectivity index (χ1v) is 11.3. The second-order valence-electron chi connectivity index (χ2n) is 8.07. The number of hydrogen-bond donors (Lipinski definition) is 1. The quantitative estimate of drug-likeness (QED) is 0.630. The Kier molecular flexibility index (Phi) is 4.98. The van der Waals surface area contributed by atoms with Crippen LogP contribution in [-0.2, 0) is 11.2 Å². The molecule has 1 fully saturated rings. The number of anilines is 2. The number of nitrogens with one attached hydrogen (secondary N) is 1. The Hall–Kier alpha value is -3.19. The third-order valence-corrected chi connectivity index (χ3v) is 6.59. The first-order valence-electron chi connectivity index (χ1n) is 10.4. The first kappa shape index (κ1) is 19.8. The van der Waals surface area contributed by atoms with Gasteiger partial charge in [-0.15, -0.1) is 11.3 Å². The molecule has 1 aliphatic carbocycles. The van der Waals surface area contributed by atoms with Crippen LogP contribution in [0.5, 0.6) is 5.75 Å². The molecule has 0 saturated heterocycles. The molecule has 7 heteroatoms. The zero-order valence-corrected chi connectivity index (χ0v) is 18.2. The van der Waals surface area contributed by atoms with Crippen LogP contribution in [0.4, 0.5) is 10.8 Å². The van der Waals surface area contributed by atoms with Gasteiger partial charge in [-0.3, -0.25) is 14.9 Å². The summed E-state index contributed by atoms with van der Waals surface area (Å²) >= 11 is 1.38. The predicted octanol–water partition coefficient (Wildman–Crippen LogP) is 4.76. The van der Waals surface area contributed by atoms with Crippen LogP contribution in [0.15, 0.2) is 47.8 Å². The molecule has 1 aromatic heterocycles. The van der Waals surface area contributed by atoms with Gasteiger partial charge in [-0.05, 0) is 56.0 Å². The average Bonchev–Trinajstić information content (AvgIpc) is 3.44. The summed E-state index contributed by atoms with van der Waals surface area (Å²) in [6, 6.07) is 13.4. The number of thiazole rings is 1. The molecule has 2 heterocycles. The van der Waals surface area contributed by atoms with E-state index in [0.29, 0.717) is 16.4 Å². The maximum Gasteiger partial charge on any atom is 0.261 e. The molecule has 0 radical (unpaired) electrons. The molecular formula is C24H23N3O3S. The molecule has 2 aromatic carbocycles. The van der Waals surface area contributed by atoms with Gasteiger partial charge >= 0.3 is 0 Å². The number of ether oxygens (including phenoxy) is 1. The highest BCUT2D eigenvalue weighted by Crippen LogP contribution is 2.40. The minimum atomic E-state index is -0.254. The number of para-hydroxylation sites is 1. The third kappa shape index (κ3) is 3.70. The molecule has 158 valence electrons. The summed E-state index contributed by atoms with van der Waals surface area (Å²) < 4.78 is 5.27. The maximum absolute atomic E-state index is 12.7. The summed E-state index contributed by atoms with van der Waals surface area (Å²) in [4.78, 5) is 31.9. The largest absolute Gasteiger partial charge is 0.496 e. The van der Waals surface area contributed by atoms with Gasteiger partial charge in [-0.1, -0.05) is 18.2 Å². The Balaban J connectivity index is 1.35. The van der Waals surface area contributed by atoms with E-state index >= 15 is 0 Å². The molecule has 6 nitrogen and oxygen atoms in total. The van der Waals surface area contributed by atoms with Crippen molar-refractivity contribution in [3.8, 4) is 17.0 Å². The summed E-state index contributed by atoms with van der Waals surface area (Å²) in [7, 11) is 1.54. The lowest BCUT2D eigenvalue weighted by molar-refractivity contribution is -0.120. The second kappa shape index (κ2) is 7.81. The Labute approximate surface area is 184 Å². The normalized spacial score (nSPS) is 17.4. The van der Waals surface area contributed by atoms with Crippen molar-refractivity contribution in [3.63, 3.8) is 0 Å². The van der Waals surface area contributed by atoms with Gasteiger partial charge < -0.3 is 9.64 Å². The number of fused-ring (bicyclic) bond motifs is 1. The lowest BCUT2D eigenvalue weighted by atomic mass is 10.1. The van der Waals surface area contributed by atoms with Crippen LogP contribution < -0.4 is 15.0 Å². The van der Waals surface area contributed by atoms with Crippen LogP contribution >= 0.6 is 11.3 Å². The standard InChI is InChI=1S/C24H23N3O3S/c1-14-11-17-12-16(9-10-20(17)27(14)23(29)15-7-8-15)19-13-31-24(25-19)26-22(28)18-5-3-4-6-21(18)30-2/h3-6,9-10,12-15H,7-8,11H2,1-2H3,(H,25,26,28). The zero-order valence-electron chi connectivity index (χ0n) is 17.4. The highest BCUT2D eigenvalue weighted by molar-refractivity contribution is 7.14. The fourth-order valence-electron chi connectivity index (χ4n) is 4.11.